The summed E-state index contributed by atoms with van der Waals surface area (Å²) in [5.41, 5.74) is 2.26. The molecule has 3 heteroatoms. The molecule has 0 saturated heterocycles. The average Bonchev–Trinajstić information content (AvgIpc) is 2.46. The van der Waals surface area contributed by atoms with Gasteiger partial charge in [0.1, 0.15) is 6.04 Å². The first-order valence-corrected chi connectivity index (χ1v) is 8.08. The zero-order valence-corrected chi connectivity index (χ0v) is 13.6. The maximum absolute atomic E-state index is 12.6. The first-order valence-electron chi connectivity index (χ1n) is 8.08. The standard InChI is InChI=1S/C18H28N2O/c1-14-8-7-11-16(12-14)17(20(2)3)18(21)19-13-15-9-5-4-6-10-15/h7-8,11-12,15,17H,4-6,9-10,13H2,1-3H3,(H,19,21). The van der Waals surface area contributed by atoms with E-state index in [1.165, 1.54) is 37.7 Å². The summed E-state index contributed by atoms with van der Waals surface area (Å²) in [4.78, 5) is 14.6. The van der Waals surface area contributed by atoms with Gasteiger partial charge >= 0.3 is 0 Å². The number of hydrogen-bond donors (Lipinski definition) is 1. The van der Waals surface area contributed by atoms with Crippen LogP contribution >= 0.6 is 0 Å². The smallest absolute Gasteiger partial charge is 0.241 e. The Morgan fingerprint density at radius 2 is 2.00 bits per heavy atom. The molecule has 1 amide bonds. The van der Waals surface area contributed by atoms with Crippen molar-refractivity contribution in [2.45, 2.75) is 45.1 Å². The fraction of sp³-hybridized carbons (Fsp3) is 0.611. The number of likely N-dealkylation sites (N-methyl/N-ethyl adjacent to an activating group) is 1. The highest BCUT2D eigenvalue weighted by Crippen LogP contribution is 2.24. The lowest BCUT2D eigenvalue weighted by Gasteiger charge is -2.27. The van der Waals surface area contributed by atoms with Gasteiger partial charge in [-0.05, 0) is 45.3 Å². The van der Waals surface area contributed by atoms with E-state index in [0.29, 0.717) is 5.92 Å². The molecule has 0 spiro atoms. The number of nitrogens with zero attached hydrogens (tertiary/aromatic N) is 1. The molecule has 1 saturated carbocycles. The fourth-order valence-electron chi connectivity index (χ4n) is 3.26. The lowest BCUT2D eigenvalue weighted by molar-refractivity contribution is -0.126. The van der Waals surface area contributed by atoms with E-state index in [4.69, 9.17) is 0 Å². The molecule has 3 nitrogen and oxygen atoms in total. The second-order valence-electron chi connectivity index (χ2n) is 6.53. The van der Waals surface area contributed by atoms with Gasteiger partial charge in [-0.15, -0.1) is 0 Å². The molecular formula is C18H28N2O. The summed E-state index contributed by atoms with van der Waals surface area (Å²) >= 11 is 0. The number of amides is 1. The van der Waals surface area contributed by atoms with Crippen molar-refractivity contribution in [3.63, 3.8) is 0 Å². The third kappa shape index (κ3) is 4.57. The Morgan fingerprint density at radius 1 is 1.29 bits per heavy atom. The van der Waals surface area contributed by atoms with Crippen LogP contribution in [-0.4, -0.2) is 31.4 Å². The van der Waals surface area contributed by atoms with Gasteiger partial charge in [0.25, 0.3) is 0 Å². The van der Waals surface area contributed by atoms with Crippen molar-refractivity contribution in [2.24, 2.45) is 5.92 Å². The van der Waals surface area contributed by atoms with Crippen molar-refractivity contribution in [2.75, 3.05) is 20.6 Å². The molecule has 0 radical (unpaired) electrons. The molecule has 0 aromatic heterocycles. The van der Waals surface area contributed by atoms with Gasteiger partial charge in [-0.3, -0.25) is 9.69 Å². The molecule has 1 unspecified atom stereocenters. The Kier molecular flexibility index (Phi) is 5.80. The van der Waals surface area contributed by atoms with Gasteiger partial charge in [-0.2, -0.15) is 0 Å². The molecule has 116 valence electrons. The highest BCUT2D eigenvalue weighted by atomic mass is 16.2. The highest BCUT2D eigenvalue weighted by Gasteiger charge is 2.24. The van der Waals surface area contributed by atoms with E-state index >= 15 is 0 Å². The molecule has 1 fully saturated rings. The van der Waals surface area contributed by atoms with E-state index in [1.54, 1.807) is 0 Å². The Labute approximate surface area is 128 Å². The summed E-state index contributed by atoms with van der Waals surface area (Å²) in [6.45, 7) is 2.89. The normalized spacial score (nSPS) is 17.7. The maximum Gasteiger partial charge on any atom is 0.241 e. The van der Waals surface area contributed by atoms with Crippen LogP contribution in [0.5, 0.6) is 0 Å². The topological polar surface area (TPSA) is 32.3 Å². The van der Waals surface area contributed by atoms with Crippen LogP contribution in [0.2, 0.25) is 0 Å². The average molecular weight is 288 g/mol. The lowest BCUT2D eigenvalue weighted by Crippen LogP contribution is -2.39. The van der Waals surface area contributed by atoms with Crippen molar-refractivity contribution in [3.8, 4) is 0 Å². The van der Waals surface area contributed by atoms with Crippen LogP contribution in [0, 0.1) is 12.8 Å². The van der Waals surface area contributed by atoms with E-state index in [1.807, 2.05) is 31.1 Å². The van der Waals surface area contributed by atoms with Crippen LogP contribution in [-0.2, 0) is 4.79 Å². The van der Waals surface area contributed by atoms with Gasteiger partial charge in [0.05, 0.1) is 0 Å². The SMILES string of the molecule is Cc1cccc(C(C(=O)NCC2CCCCC2)N(C)C)c1. The molecule has 21 heavy (non-hydrogen) atoms. The predicted molar refractivity (Wildman–Crippen MR) is 87.2 cm³/mol. The molecule has 1 aliphatic rings. The predicted octanol–water partition coefficient (Wildman–Crippen LogP) is 3.29. The van der Waals surface area contributed by atoms with Crippen LogP contribution in [0.15, 0.2) is 24.3 Å². The Balaban J connectivity index is 1.99. The van der Waals surface area contributed by atoms with Crippen molar-refractivity contribution in [1.82, 2.24) is 10.2 Å². The fourth-order valence-corrected chi connectivity index (χ4v) is 3.26. The minimum Gasteiger partial charge on any atom is -0.354 e. The molecule has 0 heterocycles. The Hall–Kier alpha value is -1.35. The third-order valence-corrected chi connectivity index (χ3v) is 4.41. The molecule has 0 bridgehead atoms. The number of benzene rings is 1. The summed E-state index contributed by atoms with van der Waals surface area (Å²) in [6, 6.07) is 8.03. The second kappa shape index (κ2) is 7.60. The first kappa shape index (κ1) is 16.0. The summed E-state index contributed by atoms with van der Waals surface area (Å²) in [5, 5.41) is 3.17. The minimum absolute atomic E-state index is 0.121. The Morgan fingerprint density at radius 3 is 2.62 bits per heavy atom. The largest absolute Gasteiger partial charge is 0.354 e. The van der Waals surface area contributed by atoms with E-state index in [2.05, 4.69) is 24.4 Å². The molecule has 1 aromatic carbocycles. The number of aryl methyl sites for hydroxylation is 1. The van der Waals surface area contributed by atoms with E-state index in [9.17, 15) is 4.79 Å². The molecule has 1 N–H and O–H groups in total. The van der Waals surface area contributed by atoms with Crippen LogP contribution in [0.3, 0.4) is 0 Å². The third-order valence-electron chi connectivity index (χ3n) is 4.41. The van der Waals surface area contributed by atoms with Crippen molar-refractivity contribution in [3.05, 3.63) is 35.4 Å². The monoisotopic (exact) mass is 288 g/mol. The van der Waals surface area contributed by atoms with E-state index < -0.39 is 0 Å². The van der Waals surface area contributed by atoms with Crippen LogP contribution in [0.25, 0.3) is 0 Å². The van der Waals surface area contributed by atoms with Crippen molar-refractivity contribution >= 4 is 5.91 Å². The summed E-state index contributed by atoms with van der Waals surface area (Å²) in [6.07, 6.45) is 6.51. The van der Waals surface area contributed by atoms with Crippen molar-refractivity contribution < 1.29 is 4.79 Å². The van der Waals surface area contributed by atoms with Gasteiger partial charge < -0.3 is 5.32 Å². The van der Waals surface area contributed by atoms with Gasteiger partial charge in [-0.25, -0.2) is 0 Å². The molecule has 0 aliphatic heterocycles. The van der Waals surface area contributed by atoms with Crippen LogP contribution in [0.1, 0.15) is 49.3 Å². The number of carbonyl (C=O) groups excluding carboxylic acids is 1. The zero-order chi connectivity index (χ0) is 15.2. The van der Waals surface area contributed by atoms with Crippen LogP contribution < -0.4 is 5.32 Å². The number of nitrogens with one attached hydrogen (secondary N) is 1. The summed E-state index contributed by atoms with van der Waals surface area (Å²) in [5.74, 6) is 0.791. The zero-order valence-electron chi connectivity index (χ0n) is 13.6. The van der Waals surface area contributed by atoms with E-state index in [0.717, 1.165) is 12.1 Å². The van der Waals surface area contributed by atoms with Gasteiger partial charge in [0.15, 0.2) is 0 Å². The summed E-state index contributed by atoms with van der Waals surface area (Å²) < 4.78 is 0. The molecule has 1 aliphatic carbocycles. The van der Waals surface area contributed by atoms with Crippen LogP contribution in [0.4, 0.5) is 0 Å². The first-order chi connectivity index (χ1) is 10.1. The van der Waals surface area contributed by atoms with Gasteiger partial charge in [0, 0.05) is 6.54 Å². The number of carbonyl (C=O) groups is 1. The lowest BCUT2D eigenvalue weighted by atomic mass is 9.89. The molecular weight excluding hydrogens is 260 g/mol. The van der Waals surface area contributed by atoms with E-state index in [-0.39, 0.29) is 11.9 Å². The second-order valence-corrected chi connectivity index (χ2v) is 6.53. The van der Waals surface area contributed by atoms with Gasteiger partial charge in [0.2, 0.25) is 5.91 Å². The number of rotatable bonds is 5. The summed E-state index contributed by atoms with van der Waals surface area (Å²) in [7, 11) is 3.93. The molecule has 1 atom stereocenters. The molecule has 2 rings (SSSR count). The highest BCUT2D eigenvalue weighted by molar-refractivity contribution is 5.83. The number of hydrogen-bond acceptors (Lipinski definition) is 2. The Bertz CT molecular complexity index is 464. The molecule has 1 aromatic rings. The minimum atomic E-state index is -0.200. The van der Waals surface area contributed by atoms with Crippen molar-refractivity contribution in [1.29, 1.82) is 0 Å². The van der Waals surface area contributed by atoms with Gasteiger partial charge in [-0.1, -0.05) is 49.1 Å². The maximum atomic E-state index is 12.6. The quantitative estimate of drug-likeness (QED) is 0.901.